The van der Waals surface area contributed by atoms with E-state index >= 15 is 0 Å². The highest BCUT2D eigenvalue weighted by molar-refractivity contribution is 5.67. The van der Waals surface area contributed by atoms with Gasteiger partial charge in [-0.2, -0.15) is 0 Å². The number of nitrogens with one attached hydrogen (secondary N) is 1. The lowest BCUT2D eigenvalue weighted by molar-refractivity contribution is -0.142. The van der Waals surface area contributed by atoms with Crippen molar-refractivity contribution in [3.8, 4) is 0 Å². The summed E-state index contributed by atoms with van der Waals surface area (Å²) in [6.45, 7) is 1.19. The van der Waals surface area contributed by atoms with Crippen molar-refractivity contribution >= 4 is 5.97 Å². The van der Waals surface area contributed by atoms with Gasteiger partial charge in [0.05, 0.1) is 12.0 Å². The number of hydroxylamine groups is 1. The van der Waals surface area contributed by atoms with Crippen molar-refractivity contribution in [3.05, 3.63) is 24.6 Å². The number of hydrogen-bond donors (Lipinski definition) is 4. The highest BCUT2D eigenvalue weighted by atomic mass is 16.6. The Bertz CT molecular complexity index is 248. The lowest BCUT2D eigenvalue weighted by Gasteiger charge is -2.18. The van der Waals surface area contributed by atoms with Crippen LogP contribution in [0.4, 0.5) is 0 Å². The van der Waals surface area contributed by atoms with Crippen molar-refractivity contribution in [1.29, 1.82) is 0 Å². The second kappa shape index (κ2) is 7.72. The van der Waals surface area contributed by atoms with E-state index in [0.29, 0.717) is 0 Å². The highest BCUT2D eigenvalue weighted by Gasteiger charge is 2.22. The Balaban J connectivity index is 0.000000315. The van der Waals surface area contributed by atoms with Crippen LogP contribution in [0.2, 0.25) is 0 Å². The van der Waals surface area contributed by atoms with Crippen LogP contribution in [0.15, 0.2) is 24.6 Å². The van der Waals surface area contributed by atoms with Crippen LogP contribution in [0.25, 0.3) is 0 Å². The summed E-state index contributed by atoms with van der Waals surface area (Å²) >= 11 is 0. The molecule has 0 unspecified atom stereocenters. The Morgan fingerprint density at radius 3 is 2.44 bits per heavy atom. The van der Waals surface area contributed by atoms with Crippen molar-refractivity contribution in [3.63, 3.8) is 0 Å². The van der Waals surface area contributed by atoms with Crippen LogP contribution in [0.3, 0.4) is 0 Å². The lowest BCUT2D eigenvalue weighted by atomic mass is 9.99. The maximum Gasteiger partial charge on any atom is 0.306 e. The zero-order valence-corrected chi connectivity index (χ0v) is 9.09. The summed E-state index contributed by atoms with van der Waals surface area (Å²) in [6, 6.07) is 0. The quantitative estimate of drug-likeness (QED) is 0.549. The Morgan fingerprint density at radius 1 is 1.50 bits per heavy atom. The topological polar surface area (TPSA) is 99.0 Å². The molecule has 1 atom stereocenters. The molecule has 0 aromatic carbocycles. The first-order valence-corrected chi connectivity index (χ1v) is 4.76. The van der Waals surface area contributed by atoms with Gasteiger partial charge in [0.15, 0.2) is 0 Å². The van der Waals surface area contributed by atoms with E-state index in [-0.39, 0.29) is 19.4 Å². The van der Waals surface area contributed by atoms with Gasteiger partial charge in [-0.05, 0) is 25.5 Å². The van der Waals surface area contributed by atoms with Gasteiger partial charge in [0.2, 0.25) is 0 Å². The van der Waals surface area contributed by atoms with E-state index in [0.717, 1.165) is 0 Å². The Kier molecular flexibility index (Phi) is 6.98. The monoisotopic (exact) mass is 231 g/mol. The van der Waals surface area contributed by atoms with Crippen LogP contribution < -0.4 is 5.48 Å². The minimum Gasteiger partial charge on any atom is -0.481 e. The number of carbonyl (C=O) groups is 1. The van der Waals surface area contributed by atoms with Gasteiger partial charge < -0.3 is 20.2 Å². The molecule has 0 aromatic rings. The molecule has 16 heavy (non-hydrogen) atoms. The highest BCUT2D eigenvalue weighted by Crippen LogP contribution is 2.12. The van der Waals surface area contributed by atoms with Crippen molar-refractivity contribution in [2.75, 3.05) is 6.61 Å². The fourth-order valence-corrected chi connectivity index (χ4v) is 0.913. The third-order valence-electron chi connectivity index (χ3n) is 1.67. The van der Waals surface area contributed by atoms with Crippen LogP contribution in [-0.2, 0) is 9.63 Å². The molecule has 0 bridgehead atoms. The van der Waals surface area contributed by atoms with Crippen molar-refractivity contribution in [1.82, 2.24) is 5.48 Å². The molecule has 1 rings (SSSR count). The van der Waals surface area contributed by atoms with Crippen LogP contribution >= 0.6 is 0 Å². The molecule has 0 spiro atoms. The fraction of sp³-hybridized carbons (Fsp3) is 0.500. The second-order valence-electron chi connectivity index (χ2n) is 3.46. The standard InChI is InChI=1S/C6H12O4.C4H5NO/c1-6(10,2-3-7)4-5(8)9;1-2-4-6-5-3-1/h7,10H,2-4H2,1H3,(H,8,9);1-5H/t6-;/m1./s1. The molecule has 0 aromatic heterocycles. The fourth-order valence-electron chi connectivity index (χ4n) is 0.913. The molecule has 0 saturated heterocycles. The molecule has 1 heterocycles. The van der Waals surface area contributed by atoms with E-state index in [1.54, 1.807) is 18.5 Å². The normalized spacial score (nSPS) is 16.2. The second-order valence-corrected chi connectivity index (χ2v) is 3.46. The zero-order valence-electron chi connectivity index (χ0n) is 9.09. The Morgan fingerprint density at radius 2 is 2.19 bits per heavy atom. The summed E-state index contributed by atoms with van der Waals surface area (Å²) in [5.74, 6) is -1.06. The maximum atomic E-state index is 10.0. The molecule has 0 saturated carbocycles. The van der Waals surface area contributed by atoms with E-state index in [9.17, 15) is 4.79 Å². The van der Waals surface area contributed by atoms with Gasteiger partial charge in [-0.1, -0.05) is 0 Å². The number of carboxylic acid groups (broad SMARTS) is 1. The van der Waals surface area contributed by atoms with Gasteiger partial charge in [0.1, 0.15) is 6.26 Å². The summed E-state index contributed by atoms with van der Waals surface area (Å²) in [5.41, 5.74) is 1.24. The number of carboxylic acids is 1. The SMILES string of the molecule is C1=CNOC=C1.C[C@@](O)(CCO)CC(=O)O. The van der Waals surface area contributed by atoms with E-state index < -0.39 is 11.6 Å². The number of aliphatic hydroxyl groups excluding tert-OH is 1. The molecule has 1 aliphatic heterocycles. The molecular weight excluding hydrogens is 214 g/mol. The molecule has 0 fully saturated rings. The number of hydrogen-bond acceptors (Lipinski definition) is 5. The van der Waals surface area contributed by atoms with Gasteiger partial charge in [-0.3, -0.25) is 4.79 Å². The molecule has 1 aliphatic rings. The van der Waals surface area contributed by atoms with Gasteiger partial charge in [-0.15, -0.1) is 0 Å². The van der Waals surface area contributed by atoms with Crippen molar-refractivity contribution < 1.29 is 25.0 Å². The largest absolute Gasteiger partial charge is 0.481 e. The predicted molar refractivity (Wildman–Crippen MR) is 57.1 cm³/mol. The molecule has 4 N–H and O–H groups in total. The van der Waals surface area contributed by atoms with E-state index in [1.165, 1.54) is 6.92 Å². The number of aliphatic hydroxyl groups is 2. The molecule has 0 radical (unpaired) electrons. The van der Waals surface area contributed by atoms with E-state index in [4.69, 9.17) is 15.3 Å². The molecule has 0 aliphatic carbocycles. The van der Waals surface area contributed by atoms with Gasteiger partial charge in [0.25, 0.3) is 0 Å². The molecular formula is C10H17NO5. The van der Waals surface area contributed by atoms with Crippen LogP contribution in [0, 0.1) is 0 Å². The molecule has 0 amide bonds. The first kappa shape index (κ1) is 14.5. The number of allylic oxidation sites excluding steroid dienone is 2. The van der Waals surface area contributed by atoms with Gasteiger partial charge in [-0.25, -0.2) is 5.48 Å². The minimum atomic E-state index is -1.28. The summed E-state index contributed by atoms with van der Waals surface area (Å²) in [6.07, 6.45) is 6.70. The Labute approximate surface area is 93.8 Å². The molecule has 6 nitrogen and oxygen atoms in total. The van der Waals surface area contributed by atoms with Crippen molar-refractivity contribution in [2.45, 2.75) is 25.4 Å². The first-order valence-electron chi connectivity index (χ1n) is 4.76. The third-order valence-corrected chi connectivity index (χ3v) is 1.67. The number of aliphatic carboxylic acids is 1. The molecule has 92 valence electrons. The summed E-state index contributed by atoms with van der Waals surface area (Å²) in [4.78, 5) is 14.6. The van der Waals surface area contributed by atoms with Crippen LogP contribution in [-0.4, -0.2) is 33.5 Å². The number of rotatable bonds is 4. The summed E-state index contributed by atoms with van der Waals surface area (Å²) in [5, 5.41) is 25.7. The summed E-state index contributed by atoms with van der Waals surface area (Å²) in [7, 11) is 0. The van der Waals surface area contributed by atoms with Crippen molar-refractivity contribution in [2.24, 2.45) is 0 Å². The van der Waals surface area contributed by atoms with Gasteiger partial charge in [0, 0.05) is 12.8 Å². The van der Waals surface area contributed by atoms with Gasteiger partial charge >= 0.3 is 5.97 Å². The van der Waals surface area contributed by atoms with Crippen LogP contribution in [0.5, 0.6) is 0 Å². The Hall–Kier alpha value is -1.53. The van der Waals surface area contributed by atoms with E-state index in [1.807, 2.05) is 6.08 Å². The maximum absolute atomic E-state index is 10.0. The average molecular weight is 231 g/mol. The minimum absolute atomic E-state index is 0.0965. The first-order chi connectivity index (χ1) is 7.48. The van der Waals surface area contributed by atoms with E-state index in [2.05, 4.69) is 10.3 Å². The molecule has 6 heteroatoms. The average Bonchev–Trinajstić information content (AvgIpc) is 2.19. The zero-order chi connectivity index (χ0) is 12.4. The summed E-state index contributed by atoms with van der Waals surface area (Å²) < 4.78 is 0. The lowest BCUT2D eigenvalue weighted by Crippen LogP contribution is -2.28. The van der Waals surface area contributed by atoms with Crippen LogP contribution in [0.1, 0.15) is 19.8 Å². The predicted octanol–water partition coefficient (Wildman–Crippen LogP) is 0.143. The smallest absolute Gasteiger partial charge is 0.306 e. The third kappa shape index (κ3) is 9.04.